The van der Waals surface area contributed by atoms with Crippen molar-refractivity contribution in [2.75, 3.05) is 0 Å². The topological polar surface area (TPSA) is 38.4 Å². The minimum atomic E-state index is -4.10. The molecule has 0 spiro atoms. The molecule has 1 aromatic rings. The summed E-state index contributed by atoms with van der Waals surface area (Å²) >= 11 is 0. The van der Waals surface area contributed by atoms with E-state index in [2.05, 4.69) is 14.6 Å². The third-order valence-electron chi connectivity index (χ3n) is 2.20. The summed E-state index contributed by atoms with van der Waals surface area (Å²) in [6.45, 7) is 5.30. The maximum atomic E-state index is 13.7. The van der Waals surface area contributed by atoms with E-state index in [-0.39, 0.29) is 11.7 Å². The molecule has 0 aromatic carbocycles. The van der Waals surface area contributed by atoms with Crippen LogP contribution in [-0.4, -0.2) is 17.9 Å². The Labute approximate surface area is 92.1 Å². The summed E-state index contributed by atoms with van der Waals surface area (Å²) in [6.07, 6.45) is 3.74. The normalized spacial score (nSPS) is 18.4. The van der Waals surface area contributed by atoms with Gasteiger partial charge in [0.15, 0.2) is 0 Å². The first-order valence-electron chi connectivity index (χ1n) is 4.95. The van der Waals surface area contributed by atoms with Crippen LogP contribution in [0.1, 0.15) is 20.8 Å². The molecule has 1 aliphatic heterocycles. The molecule has 1 aliphatic rings. The zero-order chi connectivity index (χ0) is 12.0. The fourth-order valence-corrected chi connectivity index (χ4v) is 1.37. The van der Waals surface area contributed by atoms with E-state index >= 15 is 0 Å². The molecule has 2 heterocycles. The monoisotopic (exact) mass is 227 g/mol. The second-order valence-corrected chi connectivity index (χ2v) is 4.69. The Balaban J connectivity index is 2.56. The molecule has 1 aromatic heterocycles. The molecule has 0 radical (unpaired) electrons. The minimum Gasteiger partial charge on any atom is -0.593 e. The molecule has 0 amide bonds. The summed E-state index contributed by atoms with van der Waals surface area (Å²) in [7, 11) is -4.10. The maximum Gasteiger partial charge on any atom is 0.736 e. The van der Waals surface area contributed by atoms with Crippen molar-refractivity contribution in [3.05, 3.63) is 18.6 Å². The van der Waals surface area contributed by atoms with E-state index in [1.165, 1.54) is 12.4 Å². The molecular formula is C9H12BF2N3O. The number of aliphatic imine (C=N–C) groups is 1. The molecule has 0 fully saturated rings. The van der Waals surface area contributed by atoms with Crippen molar-refractivity contribution in [2.24, 2.45) is 10.4 Å². The molecule has 0 atom stereocenters. The van der Waals surface area contributed by atoms with Crippen molar-refractivity contribution >= 4 is 18.8 Å². The van der Waals surface area contributed by atoms with Gasteiger partial charge < -0.3 is 17.8 Å². The third-order valence-corrected chi connectivity index (χ3v) is 2.20. The highest BCUT2D eigenvalue weighted by Crippen LogP contribution is 2.26. The average Bonchev–Trinajstić information content (AvgIpc) is 2.15. The smallest absolute Gasteiger partial charge is 0.593 e. The average molecular weight is 227 g/mol. The molecule has 86 valence electrons. The molecule has 0 bridgehead atoms. The van der Waals surface area contributed by atoms with Crippen LogP contribution in [0.3, 0.4) is 0 Å². The molecule has 0 N–H and O–H groups in total. The lowest BCUT2D eigenvalue weighted by Gasteiger charge is -2.31. The van der Waals surface area contributed by atoms with Crippen molar-refractivity contribution in [1.29, 1.82) is 0 Å². The number of hydrogen-bond acceptors (Lipinski definition) is 3. The van der Waals surface area contributed by atoms with Crippen LogP contribution in [0, 0.1) is 5.41 Å². The summed E-state index contributed by atoms with van der Waals surface area (Å²) < 4.78 is 32.7. The lowest BCUT2D eigenvalue weighted by Crippen LogP contribution is -2.64. The van der Waals surface area contributed by atoms with Gasteiger partial charge in [-0.25, -0.2) is 0 Å². The fourth-order valence-electron chi connectivity index (χ4n) is 1.37. The molecule has 2 rings (SSSR count). The van der Waals surface area contributed by atoms with Crippen LogP contribution in [0.2, 0.25) is 0 Å². The Morgan fingerprint density at radius 3 is 2.69 bits per heavy atom. The lowest BCUT2D eigenvalue weighted by atomic mass is 9.93. The molecule has 16 heavy (non-hydrogen) atoms. The van der Waals surface area contributed by atoms with Crippen molar-refractivity contribution in [2.45, 2.75) is 20.8 Å². The molecule has 0 saturated carbocycles. The van der Waals surface area contributed by atoms with Crippen LogP contribution in [0.5, 0.6) is 0 Å². The predicted octanol–water partition coefficient (Wildman–Crippen LogP) is 1.70. The first kappa shape index (κ1) is 11.0. The highest BCUT2D eigenvalue weighted by atomic mass is 19.3. The summed E-state index contributed by atoms with van der Waals surface area (Å²) in [5.74, 6) is 0.147. The van der Waals surface area contributed by atoms with E-state index in [0.29, 0.717) is 4.48 Å². The molecular weight excluding hydrogens is 215 g/mol. The fraction of sp³-hybridized carbons (Fsp3) is 0.444. The van der Waals surface area contributed by atoms with Crippen LogP contribution < -0.4 is 4.48 Å². The Hall–Kier alpha value is -1.53. The quantitative estimate of drug-likeness (QED) is 0.632. The second kappa shape index (κ2) is 3.23. The first-order valence-corrected chi connectivity index (χ1v) is 4.95. The molecule has 0 saturated heterocycles. The first-order chi connectivity index (χ1) is 7.31. The highest BCUT2D eigenvalue weighted by molar-refractivity contribution is 6.52. The number of rotatable bonds is 0. The van der Waals surface area contributed by atoms with E-state index < -0.39 is 12.5 Å². The number of halogens is 2. The standard InChI is InChI=1S/C9H12BF2N3O/c1-9(2,3)8-14-7-6-13-4-5-15(7)10(11,12)16-8/h4-6H,1-3H3. The number of aromatic nitrogens is 2. The minimum absolute atomic E-state index is 0.0329. The van der Waals surface area contributed by atoms with Gasteiger partial charge in [0.1, 0.15) is 6.20 Å². The van der Waals surface area contributed by atoms with E-state index in [0.717, 1.165) is 6.20 Å². The summed E-state index contributed by atoms with van der Waals surface area (Å²) in [4.78, 5) is 7.82. The molecule has 0 unspecified atom stereocenters. The van der Waals surface area contributed by atoms with Crippen LogP contribution in [0.4, 0.5) is 14.4 Å². The van der Waals surface area contributed by atoms with Crippen LogP contribution in [0.15, 0.2) is 23.6 Å². The third kappa shape index (κ3) is 1.77. The number of hydrogen-bond donors (Lipinski definition) is 0. The van der Waals surface area contributed by atoms with Crippen LogP contribution >= 0.6 is 0 Å². The van der Waals surface area contributed by atoms with Crippen LogP contribution in [-0.2, 0) is 4.65 Å². The van der Waals surface area contributed by atoms with Gasteiger partial charge in [-0.3, -0.25) is 4.98 Å². The van der Waals surface area contributed by atoms with Gasteiger partial charge in [-0.05, 0) is 25.8 Å². The van der Waals surface area contributed by atoms with Gasteiger partial charge in [0.25, 0.3) is 5.90 Å². The summed E-state index contributed by atoms with van der Waals surface area (Å²) in [5.41, 5.74) is -0.556. The highest BCUT2D eigenvalue weighted by Gasteiger charge is 2.48. The van der Waals surface area contributed by atoms with Gasteiger partial charge in [0.2, 0.25) is 0 Å². The lowest BCUT2D eigenvalue weighted by molar-refractivity contribution is -0.569. The Bertz CT molecular complexity index is 456. The number of fused-ring (bicyclic) bond motifs is 1. The van der Waals surface area contributed by atoms with Crippen LogP contribution in [0.25, 0.3) is 0 Å². The Morgan fingerprint density at radius 2 is 2.06 bits per heavy atom. The number of nitrogens with zero attached hydrogens (tertiary/aromatic N) is 3. The Kier molecular flexibility index (Phi) is 2.22. The van der Waals surface area contributed by atoms with E-state index in [1.54, 1.807) is 20.8 Å². The zero-order valence-corrected chi connectivity index (χ0v) is 9.32. The van der Waals surface area contributed by atoms with Gasteiger partial charge in [-0.1, -0.05) is 0 Å². The summed E-state index contributed by atoms with van der Waals surface area (Å²) in [6, 6.07) is 0. The van der Waals surface area contributed by atoms with Gasteiger partial charge >= 0.3 is 12.9 Å². The van der Waals surface area contributed by atoms with Gasteiger partial charge in [0.05, 0.1) is 17.8 Å². The van der Waals surface area contributed by atoms with Crippen molar-refractivity contribution in [1.82, 2.24) is 4.98 Å². The molecule has 7 heteroatoms. The van der Waals surface area contributed by atoms with Crippen molar-refractivity contribution in [3.63, 3.8) is 0 Å². The van der Waals surface area contributed by atoms with Crippen molar-refractivity contribution < 1.29 is 17.8 Å². The van der Waals surface area contributed by atoms with Gasteiger partial charge in [0, 0.05) is 0 Å². The maximum absolute atomic E-state index is 13.7. The van der Waals surface area contributed by atoms with Crippen molar-refractivity contribution in [3.8, 4) is 0 Å². The van der Waals surface area contributed by atoms with Gasteiger partial charge in [-0.2, -0.15) is 0 Å². The molecule has 4 nitrogen and oxygen atoms in total. The largest absolute Gasteiger partial charge is 0.736 e. The van der Waals surface area contributed by atoms with E-state index in [9.17, 15) is 8.63 Å². The predicted molar refractivity (Wildman–Crippen MR) is 55.4 cm³/mol. The SMILES string of the molecule is CC(C)(C)C1=Nc2cncc[n+]2[B-](F)(F)O1. The second-order valence-electron chi connectivity index (χ2n) is 4.69. The van der Waals surface area contributed by atoms with E-state index in [1.807, 2.05) is 0 Å². The summed E-state index contributed by atoms with van der Waals surface area (Å²) in [5, 5.41) is 0. The van der Waals surface area contributed by atoms with E-state index in [4.69, 9.17) is 0 Å². The van der Waals surface area contributed by atoms with Gasteiger partial charge in [-0.15, -0.1) is 0 Å². The molecule has 0 aliphatic carbocycles. The zero-order valence-electron chi connectivity index (χ0n) is 9.32. The Morgan fingerprint density at radius 1 is 1.38 bits per heavy atom.